The normalized spacial score (nSPS) is 25.0. The number of alkyl halides is 1. The van der Waals surface area contributed by atoms with E-state index in [1.165, 1.54) is 0 Å². The highest BCUT2D eigenvalue weighted by Crippen LogP contribution is 2.37. The number of hydrogen-bond acceptors (Lipinski definition) is 3. The molecule has 0 spiro atoms. The van der Waals surface area contributed by atoms with Crippen molar-refractivity contribution in [3.8, 4) is 0 Å². The summed E-state index contributed by atoms with van der Waals surface area (Å²) in [7, 11) is 0. The van der Waals surface area contributed by atoms with Crippen LogP contribution in [0.5, 0.6) is 0 Å². The van der Waals surface area contributed by atoms with E-state index in [-0.39, 0.29) is 22.0 Å². The van der Waals surface area contributed by atoms with Crippen LogP contribution < -0.4 is 0 Å². The number of rotatable bonds is 8. The topological polar surface area (TPSA) is 67.2 Å². The molecule has 3 rings (SSSR count). The predicted molar refractivity (Wildman–Crippen MR) is 110 cm³/mol. The highest BCUT2D eigenvalue weighted by Gasteiger charge is 2.42. The predicted octanol–water partition coefficient (Wildman–Crippen LogP) is 5.29. The van der Waals surface area contributed by atoms with E-state index in [0.717, 1.165) is 17.5 Å². The van der Waals surface area contributed by atoms with Gasteiger partial charge in [0.15, 0.2) is 0 Å². The smallest absolute Gasteiger partial charge is 0.0720 e. The number of ether oxygens (including phenoxy) is 2. The first kappa shape index (κ1) is 19.2. The molecule has 136 valence electrons. The summed E-state index contributed by atoms with van der Waals surface area (Å²) in [5.74, 6) is 0.207. The maximum atomic E-state index is 8.83. The van der Waals surface area contributed by atoms with Crippen molar-refractivity contribution >= 4 is 22.6 Å². The van der Waals surface area contributed by atoms with E-state index in [2.05, 4.69) is 56.9 Å². The van der Waals surface area contributed by atoms with E-state index >= 15 is 0 Å². The molecule has 1 fully saturated rings. The molecule has 26 heavy (non-hydrogen) atoms. The Labute approximate surface area is 167 Å². The molecule has 4 atom stereocenters. The third-order valence-electron chi connectivity index (χ3n) is 4.66. The number of benzene rings is 2. The van der Waals surface area contributed by atoms with E-state index in [9.17, 15) is 0 Å². The third-order valence-corrected chi connectivity index (χ3v) is 6.41. The van der Waals surface area contributed by atoms with Crippen molar-refractivity contribution in [2.24, 2.45) is 11.0 Å². The summed E-state index contributed by atoms with van der Waals surface area (Å²) < 4.78 is 12.4. The van der Waals surface area contributed by atoms with Crippen LogP contribution in [0.3, 0.4) is 0 Å². The standard InChI is InChI=1S/C20H22IN3O2/c21-20-17(14-25-12-15-7-3-1-4-8-15)19(11-18(20)23-24-22)26-13-16-9-5-2-6-10-16/h1-10,17-20H,11-14H2. The highest BCUT2D eigenvalue weighted by atomic mass is 127. The molecule has 0 aromatic heterocycles. The van der Waals surface area contributed by atoms with E-state index < -0.39 is 0 Å². The summed E-state index contributed by atoms with van der Waals surface area (Å²) in [5.41, 5.74) is 11.1. The van der Waals surface area contributed by atoms with Crippen LogP contribution in [-0.2, 0) is 22.7 Å². The van der Waals surface area contributed by atoms with Crippen LogP contribution in [0.2, 0.25) is 0 Å². The lowest BCUT2D eigenvalue weighted by molar-refractivity contribution is -0.0170. The maximum Gasteiger partial charge on any atom is 0.0720 e. The van der Waals surface area contributed by atoms with Crippen molar-refractivity contribution in [3.63, 3.8) is 0 Å². The fourth-order valence-electron chi connectivity index (χ4n) is 3.27. The molecule has 0 amide bonds. The Balaban J connectivity index is 1.59. The summed E-state index contributed by atoms with van der Waals surface area (Å²) in [6, 6.07) is 20.2. The van der Waals surface area contributed by atoms with Gasteiger partial charge in [-0.1, -0.05) is 88.4 Å². The van der Waals surface area contributed by atoms with Gasteiger partial charge in [0.1, 0.15) is 0 Å². The van der Waals surface area contributed by atoms with Crippen molar-refractivity contribution in [1.82, 2.24) is 0 Å². The molecular formula is C20H22IN3O2. The fraction of sp³-hybridized carbons (Fsp3) is 0.400. The molecule has 2 aromatic carbocycles. The minimum absolute atomic E-state index is 0.0309. The molecule has 0 bridgehead atoms. The molecule has 4 unspecified atom stereocenters. The van der Waals surface area contributed by atoms with Gasteiger partial charge in [0.2, 0.25) is 0 Å². The monoisotopic (exact) mass is 463 g/mol. The fourth-order valence-corrected chi connectivity index (χ4v) is 4.37. The summed E-state index contributed by atoms with van der Waals surface area (Å²) in [5, 5.41) is 3.96. The SMILES string of the molecule is [N-]=[N+]=NC1CC(OCc2ccccc2)C(COCc2ccccc2)C1I. The van der Waals surface area contributed by atoms with Crippen molar-refractivity contribution in [2.45, 2.75) is 35.7 Å². The molecule has 6 heteroatoms. The van der Waals surface area contributed by atoms with Crippen molar-refractivity contribution in [1.29, 1.82) is 0 Å². The van der Waals surface area contributed by atoms with Crippen molar-refractivity contribution < 1.29 is 9.47 Å². The van der Waals surface area contributed by atoms with Gasteiger partial charge in [-0.05, 0) is 23.1 Å². The summed E-state index contributed by atoms with van der Waals surface area (Å²) in [6.45, 7) is 1.74. The van der Waals surface area contributed by atoms with Gasteiger partial charge in [0.25, 0.3) is 0 Å². The van der Waals surface area contributed by atoms with Crippen LogP contribution in [0.1, 0.15) is 17.5 Å². The molecule has 1 saturated carbocycles. The van der Waals surface area contributed by atoms with Gasteiger partial charge in [-0.15, -0.1) is 0 Å². The van der Waals surface area contributed by atoms with E-state index in [1.54, 1.807) is 0 Å². The van der Waals surface area contributed by atoms with Crippen LogP contribution in [0, 0.1) is 5.92 Å². The van der Waals surface area contributed by atoms with E-state index in [0.29, 0.717) is 19.8 Å². The first-order valence-electron chi connectivity index (χ1n) is 8.73. The van der Waals surface area contributed by atoms with Crippen LogP contribution >= 0.6 is 22.6 Å². The lowest BCUT2D eigenvalue weighted by Crippen LogP contribution is -2.28. The van der Waals surface area contributed by atoms with E-state index in [4.69, 9.17) is 15.0 Å². The zero-order valence-electron chi connectivity index (χ0n) is 14.4. The molecule has 0 heterocycles. The van der Waals surface area contributed by atoms with Crippen LogP contribution in [-0.4, -0.2) is 22.7 Å². The zero-order chi connectivity index (χ0) is 18.2. The Morgan fingerprint density at radius 3 is 2.23 bits per heavy atom. The third kappa shape index (κ3) is 5.20. The Kier molecular flexibility index (Phi) is 7.32. The number of hydrogen-bond donors (Lipinski definition) is 0. The molecular weight excluding hydrogens is 441 g/mol. The lowest BCUT2D eigenvalue weighted by atomic mass is 10.1. The first-order chi connectivity index (χ1) is 12.8. The van der Waals surface area contributed by atoms with Gasteiger partial charge in [-0.2, -0.15) is 0 Å². The molecule has 0 aliphatic heterocycles. The first-order valence-corrected chi connectivity index (χ1v) is 9.98. The Hall–Kier alpha value is -1.60. The second-order valence-corrected chi connectivity index (χ2v) is 7.89. The number of azide groups is 1. The Bertz CT molecular complexity index is 722. The van der Waals surface area contributed by atoms with Crippen molar-refractivity contribution in [2.75, 3.05) is 6.61 Å². The molecule has 0 N–H and O–H groups in total. The van der Waals surface area contributed by atoms with Gasteiger partial charge in [0, 0.05) is 14.8 Å². The van der Waals surface area contributed by atoms with Crippen molar-refractivity contribution in [3.05, 3.63) is 82.2 Å². The minimum Gasteiger partial charge on any atom is -0.376 e. The highest BCUT2D eigenvalue weighted by molar-refractivity contribution is 14.1. The number of halogens is 1. The summed E-state index contributed by atoms with van der Waals surface area (Å²) in [4.78, 5) is 3.01. The quantitative estimate of drug-likeness (QED) is 0.176. The Morgan fingerprint density at radius 1 is 1.00 bits per heavy atom. The van der Waals surface area contributed by atoms with E-state index in [1.807, 2.05) is 36.4 Å². The van der Waals surface area contributed by atoms with Crippen LogP contribution in [0.15, 0.2) is 65.8 Å². The second-order valence-electron chi connectivity index (χ2n) is 6.45. The molecule has 0 saturated heterocycles. The maximum absolute atomic E-state index is 8.83. The van der Waals surface area contributed by atoms with Gasteiger partial charge in [0.05, 0.1) is 32.0 Å². The largest absolute Gasteiger partial charge is 0.376 e. The molecule has 5 nitrogen and oxygen atoms in total. The molecule has 2 aromatic rings. The zero-order valence-corrected chi connectivity index (χ0v) is 16.6. The Morgan fingerprint density at radius 2 is 1.62 bits per heavy atom. The molecule has 1 aliphatic rings. The second kappa shape index (κ2) is 9.92. The minimum atomic E-state index is -0.0494. The lowest BCUT2D eigenvalue weighted by Gasteiger charge is -2.22. The number of nitrogens with zero attached hydrogens (tertiary/aromatic N) is 3. The van der Waals surface area contributed by atoms with Crippen LogP contribution in [0.4, 0.5) is 0 Å². The summed E-state index contributed by atoms with van der Waals surface area (Å²) >= 11 is 2.38. The molecule has 1 aliphatic carbocycles. The van der Waals surface area contributed by atoms with Gasteiger partial charge in [-0.25, -0.2) is 0 Å². The molecule has 0 radical (unpaired) electrons. The van der Waals surface area contributed by atoms with Gasteiger partial charge >= 0.3 is 0 Å². The van der Waals surface area contributed by atoms with Gasteiger partial charge < -0.3 is 9.47 Å². The van der Waals surface area contributed by atoms with Gasteiger partial charge in [-0.3, -0.25) is 0 Å². The average molecular weight is 463 g/mol. The van der Waals surface area contributed by atoms with Crippen LogP contribution in [0.25, 0.3) is 10.4 Å². The average Bonchev–Trinajstić information content (AvgIpc) is 2.97. The summed E-state index contributed by atoms with van der Waals surface area (Å²) in [6.07, 6.45) is 0.771.